The van der Waals surface area contributed by atoms with Crippen molar-refractivity contribution in [2.24, 2.45) is 0 Å². The summed E-state index contributed by atoms with van der Waals surface area (Å²) < 4.78 is 43.2. The Labute approximate surface area is 115 Å². The van der Waals surface area contributed by atoms with Gasteiger partial charge < -0.3 is 10.1 Å². The fraction of sp³-hybridized carbons (Fsp3) is 0.500. The molecule has 1 aromatic carbocycles. The molecular formula is C14H15F3N2O. The first-order chi connectivity index (χ1) is 9.34. The van der Waals surface area contributed by atoms with E-state index >= 15 is 0 Å². The van der Waals surface area contributed by atoms with Crippen LogP contribution in [-0.2, 0) is 10.9 Å². The number of ether oxygens (including phenoxy) is 1. The van der Waals surface area contributed by atoms with Gasteiger partial charge in [0.05, 0.1) is 29.0 Å². The molecule has 1 aliphatic rings. The number of nitrogens with zero attached hydrogens (tertiary/aromatic N) is 1. The molecule has 20 heavy (non-hydrogen) atoms. The molecule has 1 atom stereocenters. The Morgan fingerprint density at radius 3 is 2.70 bits per heavy atom. The van der Waals surface area contributed by atoms with E-state index in [0.717, 1.165) is 25.0 Å². The molecule has 1 aromatic rings. The van der Waals surface area contributed by atoms with Gasteiger partial charge in [0.2, 0.25) is 0 Å². The normalized spacial score (nSPS) is 23.1. The van der Waals surface area contributed by atoms with Crippen molar-refractivity contribution < 1.29 is 17.9 Å². The molecule has 2 rings (SSSR count). The lowest BCUT2D eigenvalue weighted by Gasteiger charge is -2.35. The summed E-state index contributed by atoms with van der Waals surface area (Å²) in [5.74, 6) is 0. The third-order valence-corrected chi connectivity index (χ3v) is 3.34. The monoisotopic (exact) mass is 284 g/mol. The third-order valence-electron chi connectivity index (χ3n) is 3.34. The van der Waals surface area contributed by atoms with E-state index in [-0.39, 0.29) is 11.1 Å². The maximum Gasteiger partial charge on any atom is 0.416 e. The Kier molecular flexibility index (Phi) is 3.91. The van der Waals surface area contributed by atoms with Crippen LogP contribution < -0.4 is 5.32 Å². The summed E-state index contributed by atoms with van der Waals surface area (Å²) in [6.45, 7) is 3.10. The second-order valence-corrected chi connectivity index (χ2v) is 5.21. The molecule has 1 unspecified atom stereocenters. The molecule has 0 amide bonds. The maximum absolute atomic E-state index is 12.6. The van der Waals surface area contributed by atoms with Crippen LogP contribution in [0.3, 0.4) is 0 Å². The number of hydrogen-bond acceptors (Lipinski definition) is 3. The second-order valence-electron chi connectivity index (χ2n) is 5.21. The fourth-order valence-corrected chi connectivity index (χ4v) is 2.28. The van der Waals surface area contributed by atoms with Crippen molar-refractivity contribution in [1.82, 2.24) is 0 Å². The van der Waals surface area contributed by atoms with Crippen LogP contribution in [0.1, 0.15) is 30.9 Å². The molecule has 1 aliphatic heterocycles. The second kappa shape index (κ2) is 5.33. The summed E-state index contributed by atoms with van der Waals surface area (Å²) >= 11 is 0. The van der Waals surface area contributed by atoms with Crippen LogP contribution >= 0.6 is 0 Å². The molecule has 6 heteroatoms. The Morgan fingerprint density at radius 1 is 1.40 bits per heavy atom. The minimum Gasteiger partial charge on any atom is -0.379 e. The number of hydrogen-bond donors (Lipinski definition) is 1. The highest BCUT2D eigenvalue weighted by Crippen LogP contribution is 2.33. The van der Waals surface area contributed by atoms with Crippen molar-refractivity contribution in [3.63, 3.8) is 0 Å². The molecule has 1 N–H and O–H groups in total. The minimum absolute atomic E-state index is 0.00776. The zero-order valence-corrected chi connectivity index (χ0v) is 11.0. The topological polar surface area (TPSA) is 45.0 Å². The van der Waals surface area contributed by atoms with Crippen molar-refractivity contribution >= 4 is 5.69 Å². The Hall–Kier alpha value is -1.74. The van der Waals surface area contributed by atoms with E-state index in [9.17, 15) is 13.2 Å². The quantitative estimate of drug-likeness (QED) is 0.903. The number of alkyl halides is 3. The molecule has 3 nitrogen and oxygen atoms in total. The van der Waals surface area contributed by atoms with Gasteiger partial charge in [0.25, 0.3) is 0 Å². The van der Waals surface area contributed by atoms with E-state index < -0.39 is 11.7 Å². The number of benzene rings is 1. The van der Waals surface area contributed by atoms with Gasteiger partial charge in [0, 0.05) is 6.61 Å². The third kappa shape index (κ3) is 3.23. The molecule has 0 radical (unpaired) electrons. The van der Waals surface area contributed by atoms with Crippen molar-refractivity contribution in [2.75, 3.05) is 18.5 Å². The highest BCUT2D eigenvalue weighted by molar-refractivity contribution is 5.60. The lowest BCUT2D eigenvalue weighted by molar-refractivity contribution is -0.137. The van der Waals surface area contributed by atoms with Crippen molar-refractivity contribution in [2.45, 2.75) is 31.5 Å². The molecule has 0 aliphatic carbocycles. The highest BCUT2D eigenvalue weighted by atomic mass is 19.4. The molecular weight excluding hydrogens is 269 g/mol. The van der Waals surface area contributed by atoms with Gasteiger partial charge in [-0.1, -0.05) is 0 Å². The molecule has 1 saturated heterocycles. The van der Waals surface area contributed by atoms with E-state index in [1.165, 1.54) is 6.07 Å². The zero-order chi connectivity index (χ0) is 14.8. The van der Waals surface area contributed by atoms with E-state index in [1.54, 1.807) is 0 Å². The molecule has 0 spiro atoms. The molecule has 0 aromatic heterocycles. The van der Waals surface area contributed by atoms with Gasteiger partial charge in [0.15, 0.2) is 0 Å². The largest absolute Gasteiger partial charge is 0.416 e. The Balaban J connectivity index is 2.26. The van der Waals surface area contributed by atoms with Crippen LogP contribution in [0.5, 0.6) is 0 Å². The first kappa shape index (κ1) is 14.7. The average Bonchev–Trinajstić information content (AvgIpc) is 2.38. The van der Waals surface area contributed by atoms with Gasteiger partial charge in [-0.25, -0.2) is 0 Å². The minimum atomic E-state index is -4.44. The van der Waals surface area contributed by atoms with Gasteiger partial charge >= 0.3 is 6.18 Å². The number of rotatable bonds is 2. The van der Waals surface area contributed by atoms with E-state index in [0.29, 0.717) is 18.9 Å². The van der Waals surface area contributed by atoms with Crippen LogP contribution in [0.15, 0.2) is 18.2 Å². The summed E-state index contributed by atoms with van der Waals surface area (Å²) in [6, 6.07) is 4.97. The maximum atomic E-state index is 12.6. The molecule has 0 bridgehead atoms. The highest BCUT2D eigenvalue weighted by Gasteiger charge is 2.32. The number of anilines is 1. The number of nitrogens with one attached hydrogen (secondary N) is 1. The molecule has 0 saturated carbocycles. The first-order valence-corrected chi connectivity index (χ1v) is 6.31. The smallest absolute Gasteiger partial charge is 0.379 e. The standard InChI is InChI=1S/C14H15F3N2O/c1-13(5-2-6-20-9-13)19-12-4-3-11(14(15,16)17)7-10(12)8-18/h3-4,7,19H,2,5-6,9H2,1H3. The predicted molar refractivity (Wildman–Crippen MR) is 68.2 cm³/mol. The van der Waals surface area contributed by atoms with Gasteiger partial charge in [0.1, 0.15) is 6.07 Å². The van der Waals surface area contributed by atoms with Gasteiger partial charge in [-0.2, -0.15) is 18.4 Å². The summed E-state index contributed by atoms with van der Waals surface area (Å²) in [5.41, 5.74) is -0.770. The van der Waals surface area contributed by atoms with Gasteiger partial charge in [-0.05, 0) is 38.0 Å². The Bertz CT molecular complexity index is 528. The molecule has 1 fully saturated rings. The van der Waals surface area contributed by atoms with E-state index in [2.05, 4.69) is 5.32 Å². The van der Waals surface area contributed by atoms with Crippen LogP contribution in [0.2, 0.25) is 0 Å². The number of nitriles is 1. The average molecular weight is 284 g/mol. The molecule has 1 heterocycles. The van der Waals surface area contributed by atoms with E-state index in [4.69, 9.17) is 10.00 Å². The fourth-order valence-electron chi connectivity index (χ4n) is 2.28. The predicted octanol–water partition coefficient (Wildman–Crippen LogP) is 3.56. The van der Waals surface area contributed by atoms with E-state index in [1.807, 2.05) is 13.0 Å². The summed E-state index contributed by atoms with van der Waals surface area (Å²) in [6.07, 6.45) is -2.72. The lowest BCUT2D eigenvalue weighted by Crippen LogP contribution is -2.43. The van der Waals surface area contributed by atoms with Crippen molar-refractivity contribution in [3.8, 4) is 6.07 Å². The van der Waals surface area contributed by atoms with Crippen molar-refractivity contribution in [1.29, 1.82) is 5.26 Å². The van der Waals surface area contributed by atoms with Crippen LogP contribution in [0.4, 0.5) is 18.9 Å². The van der Waals surface area contributed by atoms with Crippen LogP contribution in [-0.4, -0.2) is 18.8 Å². The summed E-state index contributed by atoms with van der Waals surface area (Å²) in [4.78, 5) is 0. The first-order valence-electron chi connectivity index (χ1n) is 6.31. The van der Waals surface area contributed by atoms with Crippen LogP contribution in [0, 0.1) is 11.3 Å². The summed E-state index contributed by atoms with van der Waals surface area (Å²) in [7, 11) is 0. The SMILES string of the molecule is CC1(Nc2ccc(C(F)(F)F)cc2C#N)CCCOC1. The van der Waals surface area contributed by atoms with Gasteiger partial charge in [-0.3, -0.25) is 0 Å². The molecule has 108 valence electrons. The Morgan fingerprint density at radius 2 is 2.15 bits per heavy atom. The van der Waals surface area contributed by atoms with Gasteiger partial charge in [-0.15, -0.1) is 0 Å². The number of halogens is 3. The van der Waals surface area contributed by atoms with Crippen LogP contribution in [0.25, 0.3) is 0 Å². The van der Waals surface area contributed by atoms with Crippen molar-refractivity contribution in [3.05, 3.63) is 29.3 Å². The summed E-state index contributed by atoms with van der Waals surface area (Å²) in [5, 5.41) is 12.2. The lowest BCUT2D eigenvalue weighted by atomic mass is 9.94. The zero-order valence-electron chi connectivity index (χ0n) is 11.0.